The van der Waals surface area contributed by atoms with Gasteiger partial charge >= 0.3 is 6.09 Å². The van der Waals surface area contributed by atoms with Gasteiger partial charge in [-0.05, 0) is 66.1 Å². The number of aromatic nitrogens is 2. The van der Waals surface area contributed by atoms with E-state index in [1.165, 1.54) is 5.56 Å². The molecule has 10 heteroatoms. The fourth-order valence-electron chi connectivity index (χ4n) is 6.38. The van der Waals surface area contributed by atoms with Crippen molar-refractivity contribution in [1.82, 2.24) is 24.7 Å². The maximum atomic E-state index is 12.7. The molecule has 1 N–H and O–H groups in total. The fraction of sp³-hybridized carbons (Fsp3) is 0.432. The monoisotopic (exact) mass is 641 g/mol. The third-order valence-corrected chi connectivity index (χ3v) is 9.05. The van der Waals surface area contributed by atoms with Gasteiger partial charge in [0.1, 0.15) is 17.6 Å². The summed E-state index contributed by atoms with van der Waals surface area (Å²) in [4.78, 5) is 33.6. The summed E-state index contributed by atoms with van der Waals surface area (Å²) in [6.07, 6.45) is 8.42. The van der Waals surface area contributed by atoms with Crippen LogP contribution in [0.15, 0.2) is 65.8 Å². The molecular weight excluding hydrogens is 594 g/mol. The van der Waals surface area contributed by atoms with Crippen LogP contribution in [0.25, 0.3) is 21.9 Å². The molecule has 1 atom stereocenters. The Morgan fingerprint density at radius 2 is 1.66 bits per heavy atom. The number of ether oxygens (including phenoxy) is 3. The Balaban J connectivity index is 1.17. The summed E-state index contributed by atoms with van der Waals surface area (Å²) in [5.41, 5.74) is 5.13. The second kappa shape index (κ2) is 15.9. The molecule has 1 unspecified atom stereocenters. The maximum absolute atomic E-state index is 12.7. The van der Waals surface area contributed by atoms with Gasteiger partial charge in [-0.25, -0.2) is 4.79 Å². The van der Waals surface area contributed by atoms with Gasteiger partial charge in [-0.2, -0.15) is 0 Å². The molecule has 3 heterocycles. The van der Waals surface area contributed by atoms with E-state index in [2.05, 4.69) is 51.3 Å². The van der Waals surface area contributed by atoms with Crippen molar-refractivity contribution >= 4 is 16.9 Å². The Bertz CT molecular complexity index is 1690. The van der Waals surface area contributed by atoms with Crippen LogP contribution in [0.3, 0.4) is 0 Å². The largest absolute Gasteiger partial charge is 0.496 e. The molecule has 1 fully saturated rings. The molecule has 0 radical (unpaired) electrons. The molecule has 1 saturated heterocycles. The van der Waals surface area contributed by atoms with Crippen LogP contribution in [0.1, 0.15) is 49.0 Å². The molecule has 0 spiro atoms. The van der Waals surface area contributed by atoms with Crippen molar-refractivity contribution in [3.63, 3.8) is 0 Å². The summed E-state index contributed by atoms with van der Waals surface area (Å²) in [5, 5.41) is 3.97. The first-order valence-electron chi connectivity index (χ1n) is 16.5. The molecule has 1 amide bonds. The predicted molar refractivity (Wildman–Crippen MR) is 185 cm³/mol. The highest BCUT2D eigenvalue weighted by Crippen LogP contribution is 2.38. The number of rotatable bonds is 13. The number of hydrogen-bond acceptors (Lipinski definition) is 8. The van der Waals surface area contributed by atoms with E-state index in [1.54, 1.807) is 45.3 Å². The number of piperazine rings is 1. The van der Waals surface area contributed by atoms with E-state index in [0.29, 0.717) is 5.39 Å². The number of nitrogens with one attached hydrogen (secondary N) is 1. The van der Waals surface area contributed by atoms with Crippen LogP contribution in [0, 0.1) is 0 Å². The van der Waals surface area contributed by atoms with Crippen molar-refractivity contribution in [3.8, 4) is 22.6 Å². The van der Waals surface area contributed by atoms with Crippen LogP contribution in [0.2, 0.25) is 0 Å². The standard InChI is InChI=1S/C37H47N5O5/c1-6-8-33(47-37(44)38-2)27-12-10-26(11-13-27)9-7-16-41-17-19-42(20-18-41)25-32-34(45-4)21-28(22-35(32)46-5)31-24-40(3)36(43)30-23-39-15-14-29(30)31/h10-15,21-24,33H,6-9,16-20,25H2,1-5H3,(H,38,44). The topological polar surface area (TPSA) is 98.2 Å². The molecule has 250 valence electrons. The van der Waals surface area contributed by atoms with E-state index in [4.69, 9.17) is 14.2 Å². The lowest BCUT2D eigenvalue weighted by molar-refractivity contribution is 0.0938. The first-order chi connectivity index (χ1) is 22.8. The Hall–Kier alpha value is -4.41. The summed E-state index contributed by atoms with van der Waals surface area (Å²) in [7, 11) is 6.73. The highest BCUT2D eigenvalue weighted by atomic mass is 16.6. The van der Waals surface area contributed by atoms with E-state index in [0.717, 1.165) is 104 Å². The van der Waals surface area contributed by atoms with Gasteiger partial charge in [0.2, 0.25) is 0 Å². The van der Waals surface area contributed by atoms with Crippen molar-refractivity contribution in [1.29, 1.82) is 0 Å². The van der Waals surface area contributed by atoms with Crippen LogP contribution in [-0.4, -0.2) is 79.4 Å². The first-order valence-corrected chi connectivity index (χ1v) is 16.5. The number of benzene rings is 2. The molecule has 1 aliphatic rings. The summed E-state index contributed by atoms with van der Waals surface area (Å²) in [5.74, 6) is 1.54. The number of methoxy groups -OCH3 is 2. The van der Waals surface area contributed by atoms with Gasteiger partial charge < -0.3 is 29.0 Å². The van der Waals surface area contributed by atoms with Crippen LogP contribution in [0.4, 0.5) is 4.79 Å². The van der Waals surface area contributed by atoms with E-state index < -0.39 is 6.09 Å². The number of alkyl carbamates (subject to hydrolysis) is 1. The lowest BCUT2D eigenvalue weighted by atomic mass is 9.98. The normalized spacial score (nSPS) is 14.6. The molecule has 4 aromatic rings. The van der Waals surface area contributed by atoms with Crippen molar-refractivity contribution in [2.24, 2.45) is 7.05 Å². The number of hydrogen-bond donors (Lipinski definition) is 1. The summed E-state index contributed by atoms with van der Waals surface area (Å²) >= 11 is 0. The Labute approximate surface area is 277 Å². The highest BCUT2D eigenvalue weighted by molar-refractivity contribution is 5.95. The maximum Gasteiger partial charge on any atom is 0.407 e. The lowest BCUT2D eigenvalue weighted by Crippen LogP contribution is -2.46. The van der Waals surface area contributed by atoms with Crippen molar-refractivity contribution in [2.45, 2.75) is 45.3 Å². The molecule has 2 aromatic carbocycles. The molecule has 10 nitrogen and oxygen atoms in total. The van der Waals surface area contributed by atoms with Gasteiger partial charge in [-0.3, -0.25) is 14.7 Å². The first kappa shape index (κ1) is 33.9. The van der Waals surface area contributed by atoms with Gasteiger partial charge in [0.25, 0.3) is 5.56 Å². The van der Waals surface area contributed by atoms with Gasteiger partial charge in [0.15, 0.2) is 0 Å². The number of nitrogens with zero attached hydrogens (tertiary/aromatic N) is 4. The zero-order chi connectivity index (χ0) is 33.3. The molecule has 1 aliphatic heterocycles. The van der Waals surface area contributed by atoms with E-state index in [-0.39, 0.29) is 11.7 Å². The molecule has 47 heavy (non-hydrogen) atoms. The second-order valence-electron chi connectivity index (χ2n) is 12.1. The van der Waals surface area contributed by atoms with Gasteiger partial charge in [-0.15, -0.1) is 0 Å². The Morgan fingerprint density at radius 1 is 0.979 bits per heavy atom. The highest BCUT2D eigenvalue weighted by Gasteiger charge is 2.22. The zero-order valence-corrected chi connectivity index (χ0v) is 28.3. The molecular formula is C37H47N5O5. The number of carbonyl (C=O) groups is 1. The average Bonchev–Trinajstić information content (AvgIpc) is 3.10. The number of aryl methyl sites for hydroxylation is 2. The number of carbonyl (C=O) groups excluding carboxylic acids is 1. The second-order valence-corrected chi connectivity index (χ2v) is 12.1. The minimum absolute atomic E-state index is 0.0767. The van der Waals surface area contributed by atoms with Gasteiger partial charge in [0.05, 0.1) is 25.2 Å². The Kier molecular flexibility index (Phi) is 11.5. The van der Waals surface area contributed by atoms with Crippen molar-refractivity contribution < 1.29 is 19.0 Å². The van der Waals surface area contributed by atoms with Crippen LogP contribution in [-0.2, 0) is 24.8 Å². The minimum Gasteiger partial charge on any atom is -0.496 e. The quantitative estimate of drug-likeness (QED) is 0.203. The van der Waals surface area contributed by atoms with Crippen LogP contribution >= 0.6 is 0 Å². The number of fused-ring (bicyclic) bond motifs is 1. The third kappa shape index (κ3) is 8.12. The fourth-order valence-corrected chi connectivity index (χ4v) is 6.38. The molecule has 5 rings (SSSR count). The summed E-state index contributed by atoms with van der Waals surface area (Å²) in [6, 6.07) is 14.5. The number of amides is 1. The lowest BCUT2D eigenvalue weighted by Gasteiger charge is -2.35. The minimum atomic E-state index is -0.395. The van der Waals surface area contributed by atoms with Crippen LogP contribution in [0.5, 0.6) is 11.5 Å². The zero-order valence-electron chi connectivity index (χ0n) is 28.3. The third-order valence-electron chi connectivity index (χ3n) is 9.05. The SMILES string of the molecule is CCCC(OC(=O)NC)c1ccc(CCCN2CCN(Cc3c(OC)cc(-c4cn(C)c(=O)c5cnccc45)cc3OC)CC2)cc1. The van der Waals surface area contributed by atoms with E-state index in [1.807, 2.05) is 24.4 Å². The molecule has 0 saturated carbocycles. The van der Waals surface area contributed by atoms with Crippen molar-refractivity contribution in [3.05, 3.63) is 88.1 Å². The average molecular weight is 642 g/mol. The van der Waals surface area contributed by atoms with Gasteiger partial charge in [0, 0.05) is 71.0 Å². The Morgan fingerprint density at radius 3 is 2.30 bits per heavy atom. The smallest absolute Gasteiger partial charge is 0.407 e. The van der Waals surface area contributed by atoms with Crippen molar-refractivity contribution in [2.75, 3.05) is 54.0 Å². The van der Waals surface area contributed by atoms with E-state index >= 15 is 0 Å². The summed E-state index contributed by atoms with van der Waals surface area (Å²) in [6.45, 7) is 7.82. The van der Waals surface area contributed by atoms with Gasteiger partial charge in [-0.1, -0.05) is 37.6 Å². The van der Waals surface area contributed by atoms with Crippen LogP contribution < -0.4 is 20.3 Å². The molecule has 2 aromatic heterocycles. The number of pyridine rings is 2. The van der Waals surface area contributed by atoms with E-state index in [9.17, 15) is 9.59 Å². The molecule has 0 aliphatic carbocycles. The summed E-state index contributed by atoms with van der Waals surface area (Å²) < 4.78 is 19.0. The predicted octanol–water partition coefficient (Wildman–Crippen LogP) is 5.57. The molecule has 0 bridgehead atoms.